The molecule has 2 aromatic heterocycles. The van der Waals surface area contributed by atoms with E-state index in [2.05, 4.69) is 4.98 Å². The summed E-state index contributed by atoms with van der Waals surface area (Å²) in [5.74, 6) is -0.592. The Morgan fingerprint density at radius 1 is 1.27 bits per heavy atom. The minimum atomic E-state index is -0.592. The average molecular weight is 201 g/mol. The summed E-state index contributed by atoms with van der Waals surface area (Å²) >= 11 is 0. The summed E-state index contributed by atoms with van der Waals surface area (Å²) in [7, 11) is 0. The normalized spacial score (nSPS) is 11.3. The number of nitrogens with zero attached hydrogens (tertiary/aromatic N) is 1. The van der Waals surface area contributed by atoms with Crippen LogP contribution >= 0.6 is 0 Å². The van der Waals surface area contributed by atoms with E-state index in [1.165, 1.54) is 6.20 Å². The number of aromatic nitrogens is 1. The molecular weight excluding hydrogens is 194 g/mol. The number of hydrogen-bond donors (Lipinski definition) is 0. The van der Waals surface area contributed by atoms with E-state index < -0.39 is 5.76 Å². The van der Waals surface area contributed by atoms with E-state index >= 15 is 0 Å². The zero-order chi connectivity index (χ0) is 10.4. The molecule has 0 aliphatic carbocycles. The van der Waals surface area contributed by atoms with Crippen molar-refractivity contribution in [1.82, 2.24) is 4.98 Å². The van der Waals surface area contributed by atoms with Gasteiger partial charge in [-0.1, -0.05) is 0 Å². The summed E-state index contributed by atoms with van der Waals surface area (Å²) in [4.78, 5) is 14.5. The standard InChI is InChI=1S/C11H7NO3/c1-6-5-14-10-3-9-7(2-8(6)10)4-12-11(13)15-9/h2-5H,1H3. The van der Waals surface area contributed by atoms with Gasteiger partial charge in [0.1, 0.15) is 11.2 Å². The van der Waals surface area contributed by atoms with E-state index in [4.69, 9.17) is 8.83 Å². The van der Waals surface area contributed by atoms with Gasteiger partial charge in [0.25, 0.3) is 0 Å². The van der Waals surface area contributed by atoms with Crippen LogP contribution < -0.4 is 5.76 Å². The van der Waals surface area contributed by atoms with Gasteiger partial charge in [0.2, 0.25) is 0 Å². The van der Waals surface area contributed by atoms with Crippen LogP contribution in [0.15, 0.2) is 38.2 Å². The Kier molecular flexibility index (Phi) is 1.48. The molecule has 0 fully saturated rings. The fourth-order valence-corrected chi connectivity index (χ4v) is 1.63. The molecule has 15 heavy (non-hydrogen) atoms. The summed E-state index contributed by atoms with van der Waals surface area (Å²) in [5.41, 5.74) is 2.27. The van der Waals surface area contributed by atoms with Gasteiger partial charge in [-0.3, -0.25) is 0 Å². The van der Waals surface area contributed by atoms with Crippen LogP contribution in [0.4, 0.5) is 0 Å². The molecule has 74 valence electrons. The molecule has 4 heteroatoms. The van der Waals surface area contributed by atoms with E-state index in [0.717, 1.165) is 16.3 Å². The molecule has 0 amide bonds. The first-order valence-corrected chi connectivity index (χ1v) is 4.52. The van der Waals surface area contributed by atoms with Gasteiger partial charge in [-0.05, 0) is 18.6 Å². The van der Waals surface area contributed by atoms with Gasteiger partial charge >= 0.3 is 5.76 Å². The van der Waals surface area contributed by atoms with Gasteiger partial charge in [0.05, 0.1) is 6.26 Å². The smallest absolute Gasteiger partial charge is 0.439 e. The summed E-state index contributed by atoms with van der Waals surface area (Å²) in [6, 6.07) is 3.61. The molecule has 0 aliphatic heterocycles. The number of fused-ring (bicyclic) bond motifs is 2. The Morgan fingerprint density at radius 2 is 2.13 bits per heavy atom. The molecule has 4 nitrogen and oxygen atoms in total. The molecule has 0 radical (unpaired) electrons. The molecule has 0 spiro atoms. The SMILES string of the molecule is Cc1coc2cc3oc(=O)ncc3cc12. The molecule has 3 aromatic rings. The Bertz CT molecular complexity index is 708. The fraction of sp³-hybridized carbons (Fsp3) is 0.0909. The van der Waals surface area contributed by atoms with Crippen LogP contribution in [0.5, 0.6) is 0 Å². The number of aryl methyl sites for hydroxylation is 1. The lowest BCUT2D eigenvalue weighted by atomic mass is 10.1. The third-order valence-electron chi connectivity index (χ3n) is 2.41. The minimum Gasteiger partial charge on any atom is -0.464 e. The Morgan fingerprint density at radius 3 is 3.00 bits per heavy atom. The lowest BCUT2D eigenvalue weighted by Gasteiger charge is -1.95. The van der Waals surface area contributed by atoms with Crippen LogP contribution in [0.3, 0.4) is 0 Å². The lowest BCUT2D eigenvalue weighted by Crippen LogP contribution is -2.01. The van der Waals surface area contributed by atoms with Crippen LogP contribution in [0.1, 0.15) is 5.56 Å². The summed E-state index contributed by atoms with van der Waals surface area (Å²) in [5, 5.41) is 1.81. The predicted octanol–water partition coefficient (Wildman–Crippen LogP) is 2.24. The first-order chi connectivity index (χ1) is 7.24. The highest BCUT2D eigenvalue weighted by Crippen LogP contribution is 2.25. The zero-order valence-corrected chi connectivity index (χ0v) is 7.98. The summed E-state index contributed by atoms with van der Waals surface area (Å²) in [6.07, 6.45) is 3.18. The van der Waals surface area contributed by atoms with Crippen molar-refractivity contribution >= 4 is 21.9 Å². The zero-order valence-electron chi connectivity index (χ0n) is 7.98. The minimum absolute atomic E-state index is 0.497. The highest BCUT2D eigenvalue weighted by atomic mass is 16.4. The van der Waals surface area contributed by atoms with Crippen molar-refractivity contribution in [1.29, 1.82) is 0 Å². The number of rotatable bonds is 0. The van der Waals surface area contributed by atoms with Crippen LogP contribution in [0, 0.1) is 6.92 Å². The third kappa shape index (κ3) is 1.15. The highest BCUT2D eigenvalue weighted by molar-refractivity contribution is 5.94. The van der Waals surface area contributed by atoms with E-state index in [-0.39, 0.29) is 0 Å². The molecule has 0 saturated carbocycles. The third-order valence-corrected chi connectivity index (χ3v) is 2.41. The number of furan rings is 1. The lowest BCUT2D eigenvalue weighted by molar-refractivity contribution is 0.530. The topological polar surface area (TPSA) is 56.2 Å². The second-order valence-corrected chi connectivity index (χ2v) is 3.43. The molecule has 0 aliphatic rings. The van der Waals surface area contributed by atoms with Gasteiger partial charge in [-0.25, -0.2) is 4.79 Å². The van der Waals surface area contributed by atoms with Crippen molar-refractivity contribution in [3.8, 4) is 0 Å². The van der Waals surface area contributed by atoms with Crippen molar-refractivity contribution < 1.29 is 8.83 Å². The van der Waals surface area contributed by atoms with Crippen molar-refractivity contribution in [2.24, 2.45) is 0 Å². The van der Waals surface area contributed by atoms with Gasteiger partial charge in [-0.15, -0.1) is 0 Å². The Hall–Kier alpha value is -2.10. The van der Waals surface area contributed by atoms with Crippen LogP contribution in [-0.4, -0.2) is 4.98 Å². The molecule has 0 N–H and O–H groups in total. The second-order valence-electron chi connectivity index (χ2n) is 3.43. The van der Waals surface area contributed by atoms with Crippen LogP contribution in [0.2, 0.25) is 0 Å². The van der Waals surface area contributed by atoms with Gasteiger partial charge in [0, 0.05) is 23.0 Å². The Balaban J connectivity index is 2.54. The van der Waals surface area contributed by atoms with Gasteiger partial charge in [-0.2, -0.15) is 4.98 Å². The Labute approximate surface area is 84.1 Å². The molecule has 0 unspecified atom stereocenters. The first-order valence-electron chi connectivity index (χ1n) is 4.52. The van der Waals surface area contributed by atoms with Crippen molar-refractivity contribution in [2.75, 3.05) is 0 Å². The van der Waals surface area contributed by atoms with Gasteiger partial charge in [0.15, 0.2) is 0 Å². The largest absolute Gasteiger partial charge is 0.464 e. The quantitative estimate of drug-likeness (QED) is 0.559. The maximum Gasteiger partial charge on any atom is 0.439 e. The maximum absolute atomic E-state index is 10.9. The highest BCUT2D eigenvalue weighted by Gasteiger charge is 2.05. The molecule has 1 aromatic carbocycles. The summed E-state index contributed by atoms with van der Waals surface area (Å²) in [6.45, 7) is 1.96. The second kappa shape index (κ2) is 2.70. The van der Waals surface area contributed by atoms with E-state index in [9.17, 15) is 4.79 Å². The van der Waals surface area contributed by atoms with Gasteiger partial charge < -0.3 is 8.83 Å². The van der Waals surface area contributed by atoms with Crippen LogP contribution in [-0.2, 0) is 0 Å². The van der Waals surface area contributed by atoms with Crippen LogP contribution in [0.25, 0.3) is 21.9 Å². The molecule has 0 saturated heterocycles. The van der Waals surface area contributed by atoms with Crippen molar-refractivity contribution in [3.05, 3.63) is 40.7 Å². The average Bonchev–Trinajstić information content (AvgIpc) is 2.57. The molecule has 0 atom stereocenters. The predicted molar refractivity (Wildman–Crippen MR) is 54.8 cm³/mol. The van der Waals surface area contributed by atoms with E-state index in [1.54, 1.807) is 12.3 Å². The number of hydrogen-bond acceptors (Lipinski definition) is 4. The van der Waals surface area contributed by atoms with Crippen molar-refractivity contribution in [3.63, 3.8) is 0 Å². The van der Waals surface area contributed by atoms with E-state index in [1.807, 2.05) is 13.0 Å². The first kappa shape index (κ1) is 8.23. The van der Waals surface area contributed by atoms with Crippen molar-refractivity contribution in [2.45, 2.75) is 6.92 Å². The summed E-state index contributed by atoms with van der Waals surface area (Å²) < 4.78 is 10.3. The molecular formula is C11H7NO3. The number of benzene rings is 1. The molecule has 3 rings (SSSR count). The van der Waals surface area contributed by atoms with E-state index in [0.29, 0.717) is 11.2 Å². The monoisotopic (exact) mass is 201 g/mol. The molecule has 2 heterocycles. The fourth-order valence-electron chi connectivity index (χ4n) is 1.63. The molecule has 0 bridgehead atoms. The maximum atomic E-state index is 10.9.